The highest BCUT2D eigenvalue weighted by Gasteiger charge is 2.14. The first kappa shape index (κ1) is 16.7. The van der Waals surface area contributed by atoms with Crippen LogP contribution in [0.1, 0.15) is 18.5 Å². The first-order chi connectivity index (χ1) is 12.1. The van der Waals surface area contributed by atoms with Gasteiger partial charge in [-0.25, -0.2) is 4.98 Å². The zero-order valence-electron chi connectivity index (χ0n) is 14.1. The molecular formula is C19H19N3O3. The minimum Gasteiger partial charge on any atom is -0.496 e. The van der Waals surface area contributed by atoms with Crippen LogP contribution in [0, 0.1) is 0 Å². The predicted molar refractivity (Wildman–Crippen MR) is 95.6 cm³/mol. The molecule has 0 radical (unpaired) electrons. The lowest BCUT2D eigenvalue weighted by molar-refractivity contribution is -0.122. The summed E-state index contributed by atoms with van der Waals surface area (Å²) in [6.07, 6.45) is 1.40. The molecule has 1 N–H and O–H groups in total. The van der Waals surface area contributed by atoms with E-state index in [1.807, 2.05) is 37.3 Å². The van der Waals surface area contributed by atoms with Crippen molar-refractivity contribution in [2.45, 2.75) is 19.5 Å². The fourth-order valence-corrected chi connectivity index (χ4v) is 2.76. The SMILES string of the molecule is COc1ccccc1C(C)NC(=O)Cn1cnc2ccccc2c1=O. The van der Waals surface area contributed by atoms with Crippen molar-refractivity contribution in [3.8, 4) is 5.75 Å². The Labute approximate surface area is 145 Å². The predicted octanol–water partition coefficient (Wildman–Crippen LogP) is 2.28. The summed E-state index contributed by atoms with van der Waals surface area (Å²) in [6.45, 7) is 1.79. The number of nitrogens with zero attached hydrogens (tertiary/aromatic N) is 2. The molecule has 25 heavy (non-hydrogen) atoms. The average molecular weight is 337 g/mol. The van der Waals surface area contributed by atoms with E-state index in [0.717, 1.165) is 5.56 Å². The average Bonchev–Trinajstić information content (AvgIpc) is 2.64. The van der Waals surface area contributed by atoms with Crippen LogP contribution in [0.3, 0.4) is 0 Å². The number of fused-ring (bicyclic) bond motifs is 1. The number of carbonyl (C=O) groups is 1. The maximum Gasteiger partial charge on any atom is 0.261 e. The Balaban J connectivity index is 1.77. The molecule has 1 heterocycles. The minimum atomic E-state index is -0.266. The number of ether oxygens (including phenoxy) is 1. The van der Waals surface area contributed by atoms with Crippen LogP contribution >= 0.6 is 0 Å². The largest absolute Gasteiger partial charge is 0.496 e. The van der Waals surface area contributed by atoms with Gasteiger partial charge in [-0.15, -0.1) is 0 Å². The molecule has 6 nitrogen and oxygen atoms in total. The van der Waals surface area contributed by atoms with Gasteiger partial charge in [-0.2, -0.15) is 0 Å². The third-order valence-corrected chi connectivity index (χ3v) is 4.03. The number of aromatic nitrogens is 2. The van der Waals surface area contributed by atoms with Crippen molar-refractivity contribution in [1.29, 1.82) is 0 Å². The van der Waals surface area contributed by atoms with Crippen molar-refractivity contribution in [2.24, 2.45) is 0 Å². The highest BCUT2D eigenvalue weighted by molar-refractivity contribution is 5.79. The first-order valence-corrected chi connectivity index (χ1v) is 7.96. The third kappa shape index (κ3) is 3.52. The maximum atomic E-state index is 12.4. The summed E-state index contributed by atoms with van der Waals surface area (Å²) in [5.74, 6) is 0.442. The molecule has 1 atom stereocenters. The maximum absolute atomic E-state index is 12.4. The molecule has 0 fully saturated rings. The molecule has 0 saturated carbocycles. The summed E-state index contributed by atoms with van der Waals surface area (Å²) in [4.78, 5) is 29.0. The number of para-hydroxylation sites is 2. The monoisotopic (exact) mass is 337 g/mol. The van der Waals surface area contributed by atoms with Crippen LogP contribution in [-0.2, 0) is 11.3 Å². The number of benzene rings is 2. The Morgan fingerprint density at radius 3 is 2.72 bits per heavy atom. The lowest BCUT2D eigenvalue weighted by Gasteiger charge is -2.17. The van der Waals surface area contributed by atoms with Gasteiger partial charge in [0.15, 0.2) is 0 Å². The van der Waals surface area contributed by atoms with Gasteiger partial charge in [0, 0.05) is 5.56 Å². The second-order valence-corrected chi connectivity index (χ2v) is 5.73. The van der Waals surface area contributed by atoms with Gasteiger partial charge in [0.05, 0.1) is 30.4 Å². The highest BCUT2D eigenvalue weighted by Crippen LogP contribution is 2.24. The zero-order valence-corrected chi connectivity index (χ0v) is 14.1. The topological polar surface area (TPSA) is 73.2 Å². The van der Waals surface area contributed by atoms with Crippen molar-refractivity contribution >= 4 is 16.8 Å². The summed E-state index contributed by atoms with van der Waals surface area (Å²) >= 11 is 0. The second kappa shape index (κ2) is 7.17. The summed E-state index contributed by atoms with van der Waals surface area (Å²) in [7, 11) is 1.59. The summed E-state index contributed by atoms with van der Waals surface area (Å²) < 4.78 is 6.63. The van der Waals surface area contributed by atoms with Crippen LogP contribution in [0.15, 0.2) is 59.7 Å². The molecule has 0 spiro atoms. The number of nitrogens with one attached hydrogen (secondary N) is 1. The van der Waals surface area contributed by atoms with E-state index < -0.39 is 0 Å². The van der Waals surface area contributed by atoms with E-state index in [9.17, 15) is 9.59 Å². The molecule has 1 aromatic heterocycles. The molecule has 2 aromatic carbocycles. The van der Waals surface area contributed by atoms with E-state index in [0.29, 0.717) is 16.7 Å². The quantitative estimate of drug-likeness (QED) is 0.775. The molecule has 128 valence electrons. The fourth-order valence-electron chi connectivity index (χ4n) is 2.76. The first-order valence-electron chi connectivity index (χ1n) is 7.96. The molecule has 0 saturated heterocycles. The third-order valence-electron chi connectivity index (χ3n) is 4.03. The number of hydrogen-bond acceptors (Lipinski definition) is 4. The smallest absolute Gasteiger partial charge is 0.261 e. The normalized spacial score (nSPS) is 11.9. The number of carbonyl (C=O) groups excluding carboxylic acids is 1. The minimum absolute atomic E-state index is 0.0871. The Bertz CT molecular complexity index is 965. The molecular weight excluding hydrogens is 318 g/mol. The van der Waals surface area contributed by atoms with Gasteiger partial charge < -0.3 is 10.1 Å². The Kier molecular flexibility index (Phi) is 4.79. The highest BCUT2D eigenvalue weighted by atomic mass is 16.5. The fraction of sp³-hybridized carbons (Fsp3) is 0.211. The number of rotatable bonds is 5. The van der Waals surface area contributed by atoms with E-state index >= 15 is 0 Å². The lowest BCUT2D eigenvalue weighted by atomic mass is 10.1. The van der Waals surface area contributed by atoms with Crippen LogP contribution in [-0.4, -0.2) is 22.6 Å². The molecule has 0 bridgehead atoms. The van der Waals surface area contributed by atoms with Crippen molar-refractivity contribution in [3.63, 3.8) is 0 Å². The Morgan fingerprint density at radius 2 is 1.92 bits per heavy atom. The van der Waals surface area contributed by atoms with Gasteiger partial charge in [0.2, 0.25) is 5.91 Å². The van der Waals surface area contributed by atoms with Gasteiger partial charge in [-0.1, -0.05) is 30.3 Å². The molecule has 1 unspecified atom stereocenters. The van der Waals surface area contributed by atoms with E-state index in [1.165, 1.54) is 10.9 Å². The molecule has 1 amide bonds. The Morgan fingerprint density at radius 1 is 1.20 bits per heavy atom. The van der Waals surface area contributed by atoms with Gasteiger partial charge >= 0.3 is 0 Å². The van der Waals surface area contributed by atoms with Crippen LogP contribution < -0.4 is 15.6 Å². The van der Waals surface area contributed by atoms with Crippen molar-refractivity contribution in [1.82, 2.24) is 14.9 Å². The van der Waals surface area contributed by atoms with Gasteiger partial charge in [-0.3, -0.25) is 14.2 Å². The van der Waals surface area contributed by atoms with Crippen LogP contribution in [0.4, 0.5) is 0 Å². The second-order valence-electron chi connectivity index (χ2n) is 5.73. The molecule has 0 aliphatic heterocycles. The summed E-state index contributed by atoms with van der Waals surface area (Å²) in [5, 5.41) is 3.38. The van der Waals surface area contributed by atoms with Gasteiger partial charge in [0.1, 0.15) is 12.3 Å². The van der Waals surface area contributed by atoms with Crippen molar-refractivity contribution in [2.75, 3.05) is 7.11 Å². The molecule has 3 rings (SSSR count). The number of methoxy groups -OCH3 is 1. The molecule has 3 aromatic rings. The molecule has 0 aliphatic carbocycles. The summed E-state index contributed by atoms with van der Waals surface area (Å²) in [6, 6.07) is 14.3. The molecule has 6 heteroatoms. The number of amides is 1. The van der Waals surface area contributed by atoms with E-state index in [2.05, 4.69) is 10.3 Å². The van der Waals surface area contributed by atoms with Gasteiger partial charge in [-0.05, 0) is 25.1 Å². The van der Waals surface area contributed by atoms with Crippen LogP contribution in [0.2, 0.25) is 0 Å². The van der Waals surface area contributed by atoms with Crippen molar-refractivity contribution in [3.05, 3.63) is 70.8 Å². The van der Waals surface area contributed by atoms with E-state index in [1.54, 1.807) is 25.3 Å². The van der Waals surface area contributed by atoms with E-state index in [4.69, 9.17) is 4.74 Å². The van der Waals surface area contributed by atoms with Crippen LogP contribution in [0.5, 0.6) is 5.75 Å². The zero-order chi connectivity index (χ0) is 17.8. The standard InChI is InChI=1S/C19H19N3O3/c1-13(14-7-4-6-10-17(14)25-2)21-18(23)11-22-12-20-16-9-5-3-8-15(16)19(22)24/h3-10,12-13H,11H2,1-2H3,(H,21,23). The number of hydrogen-bond donors (Lipinski definition) is 1. The van der Waals surface area contributed by atoms with Gasteiger partial charge in [0.25, 0.3) is 5.56 Å². The van der Waals surface area contributed by atoms with E-state index in [-0.39, 0.29) is 24.1 Å². The van der Waals surface area contributed by atoms with Crippen LogP contribution in [0.25, 0.3) is 10.9 Å². The lowest BCUT2D eigenvalue weighted by Crippen LogP contribution is -2.34. The Hall–Kier alpha value is -3.15. The van der Waals surface area contributed by atoms with Crippen molar-refractivity contribution < 1.29 is 9.53 Å². The molecule has 0 aliphatic rings. The summed E-state index contributed by atoms with van der Waals surface area (Å²) in [5.41, 5.74) is 1.26.